The Morgan fingerprint density at radius 3 is 2.24 bits per heavy atom. The monoisotopic (exact) mass is 405 g/mol. The van der Waals surface area contributed by atoms with Crippen molar-refractivity contribution in [2.75, 3.05) is 5.32 Å². The molecular weight excluding hydrogens is 386 g/mol. The fourth-order valence-electron chi connectivity index (χ4n) is 2.77. The van der Waals surface area contributed by atoms with Gasteiger partial charge in [-0.3, -0.25) is 10.1 Å². The molecule has 0 atom stereocenters. The average Bonchev–Trinajstić information content (AvgIpc) is 2.71. The molecular formula is C22H19N3O3S. The van der Waals surface area contributed by atoms with E-state index < -0.39 is 4.92 Å². The highest BCUT2D eigenvalue weighted by Crippen LogP contribution is 2.21. The van der Waals surface area contributed by atoms with Crippen LogP contribution < -0.4 is 15.0 Å². The molecule has 0 spiro atoms. The van der Waals surface area contributed by atoms with E-state index in [-0.39, 0.29) is 22.1 Å². The minimum absolute atomic E-state index is 0.0775. The lowest BCUT2D eigenvalue weighted by molar-refractivity contribution is -0.577. The minimum Gasteiger partial charge on any atom is -0.867 e. The van der Waals surface area contributed by atoms with Crippen molar-refractivity contribution in [1.82, 2.24) is 0 Å². The van der Waals surface area contributed by atoms with Gasteiger partial charge in [0, 0.05) is 30.0 Å². The summed E-state index contributed by atoms with van der Waals surface area (Å²) in [5, 5.41) is 27.2. The number of nitro benzene ring substituents is 1. The van der Waals surface area contributed by atoms with E-state index >= 15 is 0 Å². The van der Waals surface area contributed by atoms with E-state index in [2.05, 4.69) is 5.32 Å². The van der Waals surface area contributed by atoms with Gasteiger partial charge in [0.25, 0.3) is 5.69 Å². The largest absolute Gasteiger partial charge is 0.867 e. The number of nitrogens with zero attached hydrogens (tertiary/aromatic N) is 2. The molecule has 29 heavy (non-hydrogen) atoms. The van der Waals surface area contributed by atoms with Gasteiger partial charge >= 0.3 is 0 Å². The number of pyridine rings is 1. The molecule has 2 aromatic carbocycles. The van der Waals surface area contributed by atoms with Crippen LogP contribution in [0.5, 0.6) is 0 Å². The quantitative estimate of drug-likeness (QED) is 0.175. The second-order valence-electron chi connectivity index (χ2n) is 6.52. The third-order valence-corrected chi connectivity index (χ3v) is 4.80. The number of non-ortho nitro benzene ring substituents is 1. The van der Waals surface area contributed by atoms with Crippen LogP contribution in [-0.4, -0.2) is 9.91 Å². The highest BCUT2D eigenvalue weighted by atomic mass is 32.1. The Bertz CT molecular complexity index is 1090. The van der Waals surface area contributed by atoms with Crippen molar-refractivity contribution in [2.45, 2.75) is 13.8 Å². The van der Waals surface area contributed by atoms with E-state index in [0.717, 1.165) is 16.8 Å². The lowest BCUT2D eigenvalue weighted by atomic mass is 10.1. The summed E-state index contributed by atoms with van der Waals surface area (Å²) in [5.74, 6) is -0.336. The molecule has 0 aliphatic rings. The zero-order chi connectivity index (χ0) is 21.0. The van der Waals surface area contributed by atoms with Gasteiger partial charge in [0.05, 0.1) is 4.92 Å². The Hall–Kier alpha value is -3.58. The molecule has 3 rings (SSSR count). The highest BCUT2D eigenvalue weighted by Gasteiger charge is 2.19. The van der Waals surface area contributed by atoms with Crippen molar-refractivity contribution in [3.63, 3.8) is 0 Å². The molecule has 7 heteroatoms. The third kappa shape index (κ3) is 4.64. The van der Waals surface area contributed by atoms with Gasteiger partial charge in [-0.2, -0.15) is 4.57 Å². The van der Waals surface area contributed by atoms with Crippen LogP contribution in [0.3, 0.4) is 0 Å². The van der Waals surface area contributed by atoms with Crippen LogP contribution in [0.2, 0.25) is 0 Å². The zero-order valence-electron chi connectivity index (χ0n) is 16.0. The number of benzene rings is 2. The van der Waals surface area contributed by atoms with Gasteiger partial charge in [-0.25, -0.2) is 0 Å². The van der Waals surface area contributed by atoms with E-state index in [1.807, 2.05) is 38.1 Å². The van der Waals surface area contributed by atoms with Crippen LogP contribution in [-0.2, 0) is 0 Å². The van der Waals surface area contributed by atoms with Gasteiger partial charge in [0.2, 0.25) is 5.70 Å². The minimum atomic E-state index is -0.503. The summed E-state index contributed by atoms with van der Waals surface area (Å²) >= 11 is 5.56. The van der Waals surface area contributed by atoms with Gasteiger partial charge in [0.15, 0.2) is 17.4 Å². The van der Waals surface area contributed by atoms with Crippen molar-refractivity contribution in [2.24, 2.45) is 0 Å². The predicted octanol–water partition coefficient (Wildman–Crippen LogP) is 3.62. The Morgan fingerprint density at radius 1 is 1.00 bits per heavy atom. The van der Waals surface area contributed by atoms with Crippen LogP contribution in [0.15, 0.2) is 73.1 Å². The Balaban J connectivity index is 2.04. The summed E-state index contributed by atoms with van der Waals surface area (Å²) in [5.41, 5.74) is 3.53. The van der Waals surface area contributed by atoms with E-state index in [9.17, 15) is 15.2 Å². The maximum absolute atomic E-state index is 13.2. The molecule has 0 saturated heterocycles. The molecule has 1 heterocycles. The molecule has 0 amide bonds. The van der Waals surface area contributed by atoms with Crippen molar-refractivity contribution in [3.8, 4) is 0 Å². The molecule has 0 aliphatic heterocycles. The second-order valence-corrected chi connectivity index (χ2v) is 6.93. The summed E-state index contributed by atoms with van der Waals surface area (Å²) < 4.78 is 1.64. The molecule has 0 radical (unpaired) electrons. The third-order valence-electron chi connectivity index (χ3n) is 4.51. The first kappa shape index (κ1) is 20.2. The van der Waals surface area contributed by atoms with Gasteiger partial charge in [-0.1, -0.05) is 24.4 Å². The molecule has 3 aromatic rings. The van der Waals surface area contributed by atoms with E-state index in [4.69, 9.17) is 12.2 Å². The van der Waals surface area contributed by atoms with Crippen LogP contribution in [0, 0.1) is 24.0 Å². The number of hydrogen-bond donors (Lipinski definition) is 1. The number of rotatable bonds is 5. The number of nitrogens with one attached hydrogen (secondary N) is 1. The summed E-state index contributed by atoms with van der Waals surface area (Å²) in [4.78, 5) is 10.6. The second kappa shape index (κ2) is 8.62. The average molecular weight is 405 g/mol. The maximum Gasteiger partial charge on any atom is 0.269 e. The molecule has 0 aliphatic carbocycles. The van der Waals surface area contributed by atoms with Crippen molar-refractivity contribution in [3.05, 3.63) is 99.9 Å². The van der Waals surface area contributed by atoms with E-state index in [1.165, 1.54) is 24.3 Å². The zero-order valence-corrected chi connectivity index (χ0v) is 16.8. The van der Waals surface area contributed by atoms with Crippen LogP contribution >= 0.6 is 12.2 Å². The number of hydrogen-bond acceptors (Lipinski definition) is 4. The molecule has 1 N–H and O–H groups in total. The lowest BCUT2D eigenvalue weighted by Gasteiger charge is -2.17. The number of thiocarbonyl (C=S) groups is 1. The van der Waals surface area contributed by atoms with Crippen molar-refractivity contribution >= 4 is 40.0 Å². The summed E-state index contributed by atoms with van der Waals surface area (Å²) in [6.45, 7) is 4.02. The number of aryl methyl sites for hydroxylation is 2. The molecule has 1 aromatic heterocycles. The normalized spacial score (nSPS) is 11.5. The topological polar surface area (TPSA) is 82.1 Å². The molecule has 146 valence electrons. The highest BCUT2D eigenvalue weighted by molar-refractivity contribution is 7.81. The molecule has 0 fully saturated rings. The van der Waals surface area contributed by atoms with Gasteiger partial charge in [-0.05, 0) is 60.6 Å². The summed E-state index contributed by atoms with van der Waals surface area (Å²) in [6, 6.07) is 16.7. The Morgan fingerprint density at radius 2 is 1.66 bits per heavy atom. The van der Waals surface area contributed by atoms with Crippen LogP contribution in [0.1, 0.15) is 16.7 Å². The fraction of sp³-hybridized carbons (Fsp3) is 0.0909. The summed E-state index contributed by atoms with van der Waals surface area (Å²) in [6.07, 6.45) is 3.46. The molecule has 6 nitrogen and oxygen atoms in total. The van der Waals surface area contributed by atoms with E-state index in [0.29, 0.717) is 5.56 Å². The Kier molecular flexibility index (Phi) is 5.99. The van der Waals surface area contributed by atoms with Crippen molar-refractivity contribution < 1.29 is 14.6 Å². The van der Waals surface area contributed by atoms with Crippen LogP contribution in [0.4, 0.5) is 11.4 Å². The smallest absolute Gasteiger partial charge is 0.269 e. The number of aromatic nitrogens is 1. The SMILES string of the molecule is Cc1ccc(NC(=S)/C(=C(\[O-])c2ccc([N+](=O)[O-])cc2)[n+]2ccccc2)cc1C. The van der Waals surface area contributed by atoms with Gasteiger partial charge < -0.3 is 10.4 Å². The standard InChI is InChI=1S/C22H19N3O3S/c1-15-6-9-18(14-16(15)2)23-22(29)20(24-12-4-3-5-13-24)21(26)17-7-10-19(11-8-17)25(27)28/h3-14H,1-2H3,(H-,23,26,29). The van der Waals surface area contributed by atoms with Crippen molar-refractivity contribution in [1.29, 1.82) is 0 Å². The number of nitro groups is 1. The lowest BCUT2D eigenvalue weighted by Crippen LogP contribution is -2.39. The van der Waals surface area contributed by atoms with E-state index in [1.54, 1.807) is 29.1 Å². The predicted molar refractivity (Wildman–Crippen MR) is 115 cm³/mol. The van der Waals surface area contributed by atoms with Crippen LogP contribution in [0.25, 0.3) is 11.5 Å². The fourth-order valence-corrected chi connectivity index (χ4v) is 3.08. The molecule has 0 unspecified atom stereocenters. The number of anilines is 1. The van der Waals surface area contributed by atoms with Gasteiger partial charge in [0.1, 0.15) is 0 Å². The van der Waals surface area contributed by atoms with Gasteiger partial charge in [-0.15, -0.1) is 0 Å². The maximum atomic E-state index is 13.2. The summed E-state index contributed by atoms with van der Waals surface area (Å²) in [7, 11) is 0. The molecule has 0 saturated carbocycles. The first-order valence-electron chi connectivity index (χ1n) is 8.88. The Labute approximate surface area is 173 Å². The first-order valence-corrected chi connectivity index (χ1v) is 9.29. The molecule has 0 bridgehead atoms. The first-order chi connectivity index (χ1) is 13.9.